The van der Waals surface area contributed by atoms with Crippen molar-refractivity contribution in [2.24, 2.45) is 0 Å². The highest BCUT2D eigenvalue weighted by atomic mass is 32.2. The van der Waals surface area contributed by atoms with Crippen LogP contribution in [0.1, 0.15) is 27.2 Å². The van der Waals surface area contributed by atoms with Crippen molar-refractivity contribution < 1.29 is 4.79 Å². The fraction of sp³-hybridized carbons (Fsp3) is 0.900. The second kappa shape index (κ2) is 3.42. The van der Waals surface area contributed by atoms with Gasteiger partial charge in [0, 0.05) is 10.5 Å². The van der Waals surface area contributed by atoms with Crippen molar-refractivity contribution in [1.29, 1.82) is 0 Å². The predicted octanol–water partition coefficient (Wildman–Crippen LogP) is 1.05. The van der Waals surface area contributed by atoms with Crippen LogP contribution in [0.25, 0.3) is 0 Å². The SMILES string of the molecule is CCC1NCC(=O)N1C1CSC1(C)C. The van der Waals surface area contributed by atoms with E-state index in [1.807, 2.05) is 11.8 Å². The van der Waals surface area contributed by atoms with Crippen molar-refractivity contribution in [3.8, 4) is 0 Å². The van der Waals surface area contributed by atoms with Crippen LogP contribution in [0.4, 0.5) is 0 Å². The third kappa shape index (κ3) is 1.44. The number of amides is 1. The van der Waals surface area contributed by atoms with Gasteiger partial charge in [-0.3, -0.25) is 10.1 Å². The van der Waals surface area contributed by atoms with Crippen LogP contribution in [0.3, 0.4) is 0 Å². The molecule has 2 atom stereocenters. The van der Waals surface area contributed by atoms with E-state index in [9.17, 15) is 4.79 Å². The number of thioether (sulfide) groups is 1. The molecule has 0 saturated carbocycles. The zero-order valence-electron chi connectivity index (χ0n) is 9.04. The largest absolute Gasteiger partial charge is 0.321 e. The summed E-state index contributed by atoms with van der Waals surface area (Å²) in [5.41, 5.74) is 0. The average molecular weight is 214 g/mol. The van der Waals surface area contributed by atoms with Gasteiger partial charge in [0.05, 0.1) is 18.8 Å². The molecule has 0 aromatic rings. The second-order valence-electron chi connectivity index (χ2n) is 4.54. The van der Waals surface area contributed by atoms with E-state index >= 15 is 0 Å². The van der Waals surface area contributed by atoms with Gasteiger partial charge in [-0.25, -0.2) is 0 Å². The zero-order valence-corrected chi connectivity index (χ0v) is 9.86. The lowest BCUT2D eigenvalue weighted by atomic mass is 10.0. The molecule has 1 amide bonds. The quantitative estimate of drug-likeness (QED) is 0.745. The first-order chi connectivity index (χ1) is 6.56. The molecule has 2 heterocycles. The van der Waals surface area contributed by atoms with E-state index in [2.05, 4.69) is 31.0 Å². The standard InChI is InChI=1S/C10H18N2OS/c1-4-8-11-5-9(13)12(8)7-6-14-10(7,2)3/h7-8,11H,4-6H2,1-3H3. The van der Waals surface area contributed by atoms with E-state index in [0.717, 1.165) is 12.2 Å². The first-order valence-electron chi connectivity index (χ1n) is 5.24. The first kappa shape index (κ1) is 10.3. The summed E-state index contributed by atoms with van der Waals surface area (Å²) in [5.74, 6) is 1.37. The molecule has 2 unspecified atom stereocenters. The molecule has 80 valence electrons. The van der Waals surface area contributed by atoms with Crippen LogP contribution in [0, 0.1) is 0 Å². The Morgan fingerprint density at radius 3 is 2.79 bits per heavy atom. The molecule has 2 fully saturated rings. The number of carbonyl (C=O) groups is 1. The molecule has 4 heteroatoms. The number of nitrogens with zero attached hydrogens (tertiary/aromatic N) is 1. The Morgan fingerprint density at radius 1 is 1.64 bits per heavy atom. The molecule has 3 nitrogen and oxygen atoms in total. The van der Waals surface area contributed by atoms with Crippen molar-refractivity contribution in [2.75, 3.05) is 12.3 Å². The van der Waals surface area contributed by atoms with Crippen LogP contribution in [-0.4, -0.2) is 40.1 Å². The molecular formula is C10H18N2OS. The summed E-state index contributed by atoms with van der Waals surface area (Å²) in [7, 11) is 0. The molecule has 2 saturated heterocycles. The van der Waals surface area contributed by atoms with Crippen LogP contribution in [0.5, 0.6) is 0 Å². The molecule has 0 aliphatic carbocycles. The molecule has 2 aliphatic heterocycles. The lowest BCUT2D eigenvalue weighted by molar-refractivity contribution is -0.130. The molecule has 0 aromatic carbocycles. The van der Waals surface area contributed by atoms with Gasteiger partial charge >= 0.3 is 0 Å². The molecule has 14 heavy (non-hydrogen) atoms. The van der Waals surface area contributed by atoms with Gasteiger partial charge in [-0.05, 0) is 20.3 Å². The van der Waals surface area contributed by atoms with Gasteiger partial charge in [-0.1, -0.05) is 6.92 Å². The van der Waals surface area contributed by atoms with Crippen molar-refractivity contribution in [3.05, 3.63) is 0 Å². The third-order valence-corrected chi connectivity index (χ3v) is 4.75. The van der Waals surface area contributed by atoms with E-state index in [-0.39, 0.29) is 16.8 Å². The maximum atomic E-state index is 11.7. The smallest absolute Gasteiger partial charge is 0.238 e. The van der Waals surface area contributed by atoms with Gasteiger partial charge in [-0.15, -0.1) is 0 Å². The van der Waals surface area contributed by atoms with E-state index < -0.39 is 0 Å². The van der Waals surface area contributed by atoms with Gasteiger partial charge in [0.25, 0.3) is 0 Å². The Morgan fingerprint density at radius 2 is 2.36 bits per heavy atom. The number of nitrogens with one attached hydrogen (secondary N) is 1. The van der Waals surface area contributed by atoms with Gasteiger partial charge in [0.15, 0.2) is 0 Å². The summed E-state index contributed by atoms with van der Waals surface area (Å²) in [5, 5.41) is 3.26. The van der Waals surface area contributed by atoms with Gasteiger partial charge in [0.1, 0.15) is 0 Å². The van der Waals surface area contributed by atoms with Gasteiger partial charge in [-0.2, -0.15) is 11.8 Å². The first-order valence-corrected chi connectivity index (χ1v) is 6.23. The number of hydrogen-bond donors (Lipinski definition) is 1. The van der Waals surface area contributed by atoms with Crippen LogP contribution in [-0.2, 0) is 4.79 Å². The Balaban J connectivity index is 2.12. The van der Waals surface area contributed by atoms with Crippen molar-refractivity contribution >= 4 is 17.7 Å². The van der Waals surface area contributed by atoms with Gasteiger partial charge in [0.2, 0.25) is 5.91 Å². The zero-order chi connectivity index (χ0) is 10.3. The number of carbonyl (C=O) groups excluding carboxylic acids is 1. The molecule has 0 aromatic heterocycles. The number of rotatable bonds is 2. The maximum Gasteiger partial charge on any atom is 0.238 e. The summed E-state index contributed by atoms with van der Waals surface area (Å²) in [6.45, 7) is 7.10. The van der Waals surface area contributed by atoms with E-state index in [1.165, 1.54) is 0 Å². The lowest BCUT2D eigenvalue weighted by Crippen LogP contribution is -2.60. The summed E-state index contributed by atoms with van der Waals surface area (Å²) < 4.78 is 0.245. The summed E-state index contributed by atoms with van der Waals surface area (Å²) in [6, 6.07) is 0.431. The fourth-order valence-corrected chi connectivity index (χ4v) is 3.46. The van der Waals surface area contributed by atoms with Crippen LogP contribution >= 0.6 is 11.8 Å². The minimum atomic E-state index is 0.245. The maximum absolute atomic E-state index is 11.7. The van der Waals surface area contributed by atoms with Crippen LogP contribution in [0.2, 0.25) is 0 Å². The number of hydrogen-bond acceptors (Lipinski definition) is 3. The van der Waals surface area contributed by atoms with E-state index in [0.29, 0.717) is 12.6 Å². The highest BCUT2D eigenvalue weighted by Crippen LogP contribution is 2.44. The predicted molar refractivity (Wildman–Crippen MR) is 59.3 cm³/mol. The summed E-state index contributed by atoms with van der Waals surface area (Å²) in [6.07, 6.45) is 1.27. The minimum absolute atomic E-state index is 0.245. The average Bonchev–Trinajstić information content (AvgIpc) is 2.47. The molecule has 2 aliphatic rings. The second-order valence-corrected chi connectivity index (χ2v) is 6.21. The molecular weight excluding hydrogens is 196 g/mol. The monoisotopic (exact) mass is 214 g/mol. The fourth-order valence-electron chi connectivity index (χ4n) is 2.21. The highest BCUT2D eigenvalue weighted by molar-refractivity contribution is 8.02. The summed E-state index contributed by atoms with van der Waals surface area (Å²) >= 11 is 1.95. The molecule has 0 radical (unpaired) electrons. The topological polar surface area (TPSA) is 32.3 Å². The molecule has 0 bridgehead atoms. The Labute approximate surface area is 89.6 Å². The van der Waals surface area contributed by atoms with E-state index in [4.69, 9.17) is 0 Å². The van der Waals surface area contributed by atoms with Crippen molar-refractivity contribution in [3.63, 3.8) is 0 Å². The molecule has 2 rings (SSSR count). The van der Waals surface area contributed by atoms with Crippen LogP contribution in [0.15, 0.2) is 0 Å². The molecule has 0 spiro atoms. The highest BCUT2D eigenvalue weighted by Gasteiger charge is 2.48. The van der Waals surface area contributed by atoms with Crippen LogP contribution < -0.4 is 5.32 Å². The van der Waals surface area contributed by atoms with Crippen molar-refractivity contribution in [1.82, 2.24) is 10.2 Å². The Bertz CT molecular complexity index is 255. The Kier molecular flexibility index (Phi) is 2.52. The van der Waals surface area contributed by atoms with Crippen molar-refractivity contribution in [2.45, 2.75) is 44.1 Å². The third-order valence-electron chi connectivity index (χ3n) is 3.25. The lowest BCUT2D eigenvalue weighted by Gasteiger charge is -2.50. The summed E-state index contributed by atoms with van der Waals surface area (Å²) in [4.78, 5) is 13.8. The minimum Gasteiger partial charge on any atom is -0.321 e. The van der Waals surface area contributed by atoms with E-state index in [1.54, 1.807) is 0 Å². The normalized spacial score (nSPS) is 35.9. The molecule has 1 N–H and O–H groups in total. The Hall–Kier alpha value is -0.220. The van der Waals surface area contributed by atoms with Gasteiger partial charge < -0.3 is 4.90 Å².